The summed E-state index contributed by atoms with van der Waals surface area (Å²) in [5, 5.41) is 10.9. The number of hydrogen-bond acceptors (Lipinski definition) is 1. The molecule has 0 heterocycles. The molecule has 1 rings (SSSR count). The van der Waals surface area contributed by atoms with E-state index in [0.717, 1.165) is 12.0 Å². The third kappa shape index (κ3) is 1.36. The number of rotatable bonds is 1. The summed E-state index contributed by atoms with van der Waals surface area (Å²) >= 11 is 0. The number of allylic oxidation sites excluding steroid dienone is 2. The maximum absolute atomic E-state index is 10.9. The standard InChI is InChI=1S/C8H10O/c1-2-7-5-3-4-6-8(7)9/h3-6,8H,2H2,1H3/q-2. The maximum Gasteiger partial charge on any atom is -0.0383 e. The highest BCUT2D eigenvalue weighted by Crippen LogP contribution is 2.11. The van der Waals surface area contributed by atoms with Crippen molar-refractivity contribution in [3.63, 3.8) is 0 Å². The van der Waals surface area contributed by atoms with Gasteiger partial charge in [0.25, 0.3) is 0 Å². The predicted octanol–water partition coefficient (Wildman–Crippen LogP) is 0.826. The molecular formula is C8H10O-2. The lowest BCUT2D eigenvalue weighted by Crippen LogP contribution is -2.28. The molecule has 50 valence electrons. The minimum absolute atomic E-state index is 0.583. The molecule has 0 aromatic carbocycles. The van der Waals surface area contributed by atoms with E-state index in [0.29, 0.717) is 0 Å². The van der Waals surface area contributed by atoms with Crippen LogP contribution in [0.4, 0.5) is 0 Å². The first-order valence-electron chi connectivity index (χ1n) is 3.21. The van der Waals surface area contributed by atoms with Gasteiger partial charge in [-0.05, 0) is 6.42 Å². The van der Waals surface area contributed by atoms with E-state index in [1.54, 1.807) is 12.5 Å². The topological polar surface area (TPSA) is 23.1 Å². The van der Waals surface area contributed by atoms with Crippen molar-refractivity contribution in [2.24, 2.45) is 0 Å². The van der Waals surface area contributed by atoms with E-state index >= 15 is 0 Å². The van der Waals surface area contributed by atoms with E-state index in [1.807, 2.05) is 19.1 Å². The molecule has 0 spiro atoms. The van der Waals surface area contributed by atoms with Crippen LogP contribution in [0.3, 0.4) is 0 Å². The van der Waals surface area contributed by atoms with E-state index in [4.69, 9.17) is 0 Å². The zero-order valence-corrected chi connectivity index (χ0v) is 5.50. The Kier molecular flexibility index (Phi) is 1.96. The fourth-order valence-corrected chi connectivity index (χ4v) is 0.882. The average Bonchev–Trinajstić information content (AvgIpc) is 1.89. The Labute approximate surface area is 55.7 Å². The van der Waals surface area contributed by atoms with Crippen molar-refractivity contribution in [3.8, 4) is 0 Å². The smallest absolute Gasteiger partial charge is 0.0383 e. The van der Waals surface area contributed by atoms with Gasteiger partial charge in [0, 0.05) is 0 Å². The van der Waals surface area contributed by atoms with Gasteiger partial charge >= 0.3 is 0 Å². The van der Waals surface area contributed by atoms with Gasteiger partial charge in [-0.3, -0.25) is 0 Å². The average molecular weight is 122 g/mol. The molecule has 1 heteroatoms. The monoisotopic (exact) mass is 122 g/mol. The Bertz CT molecular complexity index is 145. The lowest BCUT2D eigenvalue weighted by molar-refractivity contribution is -0.395. The van der Waals surface area contributed by atoms with Gasteiger partial charge in [0.2, 0.25) is 0 Å². The Morgan fingerprint density at radius 1 is 1.78 bits per heavy atom. The number of hydrogen-bond donors (Lipinski definition) is 0. The zero-order chi connectivity index (χ0) is 6.69. The van der Waals surface area contributed by atoms with Gasteiger partial charge in [-0.2, -0.15) is 6.10 Å². The minimum atomic E-state index is -0.583. The summed E-state index contributed by atoms with van der Waals surface area (Å²) in [5.41, 5.74) is 0.984. The summed E-state index contributed by atoms with van der Waals surface area (Å²) in [7, 11) is 0. The summed E-state index contributed by atoms with van der Waals surface area (Å²) in [5.74, 6) is 0. The Hall–Kier alpha value is -0.690. The lowest BCUT2D eigenvalue weighted by Gasteiger charge is -2.32. The molecule has 1 atom stereocenters. The van der Waals surface area contributed by atoms with Gasteiger partial charge in [0.05, 0.1) is 0 Å². The van der Waals surface area contributed by atoms with Gasteiger partial charge < -0.3 is 5.11 Å². The summed E-state index contributed by atoms with van der Waals surface area (Å²) in [6, 6.07) is 0. The molecule has 9 heavy (non-hydrogen) atoms. The molecule has 0 aliphatic heterocycles. The first-order chi connectivity index (χ1) is 4.34. The van der Waals surface area contributed by atoms with Crippen LogP contribution < -0.4 is 5.11 Å². The first kappa shape index (κ1) is 6.43. The molecule has 0 bridgehead atoms. The molecule has 1 aliphatic carbocycles. The second-order valence-corrected chi connectivity index (χ2v) is 2.09. The van der Waals surface area contributed by atoms with Gasteiger partial charge in [-0.25, -0.2) is 18.6 Å². The molecule has 1 unspecified atom stereocenters. The van der Waals surface area contributed by atoms with E-state index in [2.05, 4.69) is 0 Å². The second-order valence-electron chi connectivity index (χ2n) is 2.09. The van der Waals surface area contributed by atoms with Gasteiger partial charge in [-0.15, -0.1) is 11.6 Å². The predicted molar refractivity (Wildman–Crippen MR) is 35.6 cm³/mol. The summed E-state index contributed by atoms with van der Waals surface area (Å²) in [4.78, 5) is 0. The van der Waals surface area contributed by atoms with Crippen molar-refractivity contribution in [1.82, 2.24) is 0 Å². The highest BCUT2D eigenvalue weighted by molar-refractivity contribution is 5.27. The van der Waals surface area contributed by atoms with Gasteiger partial charge in [0.1, 0.15) is 0 Å². The molecule has 0 aromatic heterocycles. The molecule has 0 aromatic rings. The van der Waals surface area contributed by atoms with Crippen molar-refractivity contribution in [3.05, 3.63) is 30.2 Å². The molecule has 1 nitrogen and oxygen atoms in total. The van der Waals surface area contributed by atoms with E-state index in [1.165, 1.54) is 0 Å². The molecule has 0 N–H and O–H groups in total. The quantitative estimate of drug-likeness (QED) is 0.472. The van der Waals surface area contributed by atoms with E-state index in [-0.39, 0.29) is 0 Å². The van der Waals surface area contributed by atoms with Gasteiger partial charge in [0.15, 0.2) is 0 Å². The Balaban J connectivity index is 2.63. The summed E-state index contributed by atoms with van der Waals surface area (Å²) in [6.07, 6.45) is 7.58. The highest BCUT2D eigenvalue weighted by atomic mass is 16.3. The van der Waals surface area contributed by atoms with Crippen molar-refractivity contribution in [2.45, 2.75) is 19.4 Å². The van der Waals surface area contributed by atoms with Crippen LogP contribution in [-0.4, -0.2) is 6.10 Å². The SMILES string of the molecule is CCC1=CC=C[CH-]C1[O-]. The Morgan fingerprint density at radius 2 is 2.56 bits per heavy atom. The van der Waals surface area contributed by atoms with Gasteiger partial charge in [-0.1, -0.05) is 6.92 Å². The molecular weight excluding hydrogens is 112 g/mol. The van der Waals surface area contributed by atoms with Crippen molar-refractivity contribution < 1.29 is 5.11 Å². The molecule has 0 amide bonds. The molecule has 0 saturated carbocycles. The maximum atomic E-state index is 10.9. The van der Waals surface area contributed by atoms with Crippen LogP contribution in [0.5, 0.6) is 0 Å². The lowest BCUT2D eigenvalue weighted by atomic mass is 10.00. The molecule has 1 aliphatic rings. The highest BCUT2D eigenvalue weighted by Gasteiger charge is 1.92. The van der Waals surface area contributed by atoms with Crippen molar-refractivity contribution in [1.29, 1.82) is 0 Å². The van der Waals surface area contributed by atoms with Crippen molar-refractivity contribution in [2.75, 3.05) is 0 Å². The zero-order valence-electron chi connectivity index (χ0n) is 5.50. The fourth-order valence-electron chi connectivity index (χ4n) is 0.882. The van der Waals surface area contributed by atoms with Crippen LogP contribution in [0, 0.1) is 6.42 Å². The Morgan fingerprint density at radius 3 is 3.00 bits per heavy atom. The van der Waals surface area contributed by atoms with Crippen LogP contribution >= 0.6 is 0 Å². The van der Waals surface area contributed by atoms with Crippen LogP contribution in [0.1, 0.15) is 13.3 Å². The molecule has 0 fully saturated rings. The van der Waals surface area contributed by atoms with Crippen LogP contribution in [0.25, 0.3) is 0 Å². The summed E-state index contributed by atoms with van der Waals surface area (Å²) < 4.78 is 0. The third-order valence-electron chi connectivity index (χ3n) is 1.48. The van der Waals surface area contributed by atoms with E-state index in [9.17, 15) is 5.11 Å². The summed E-state index contributed by atoms with van der Waals surface area (Å²) in [6.45, 7) is 2.00. The third-order valence-corrected chi connectivity index (χ3v) is 1.48. The fraction of sp³-hybridized carbons (Fsp3) is 0.375. The van der Waals surface area contributed by atoms with E-state index < -0.39 is 6.10 Å². The van der Waals surface area contributed by atoms with Crippen LogP contribution in [-0.2, 0) is 0 Å². The molecule has 0 radical (unpaired) electrons. The molecule has 0 saturated heterocycles. The minimum Gasteiger partial charge on any atom is -0.859 e. The normalized spacial score (nSPS) is 25.1. The van der Waals surface area contributed by atoms with Crippen LogP contribution in [0.15, 0.2) is 23.8 Å². The van der Waals surface area contributed by atoms with Crippen molar-refractivity contribution >= 4 is 0 Å². The van der Waals surface area contributed by atoms with Crippen LogP contribution in [0.2, 0.25) is 0 Å². The second kappa shape index (κ2) is 2.74. The largest absolute Gasteiger partial charge is 0.859 e. The first-order valence-corrected chi connectivity index (χ1v) is 3.21.